The second-order valence-corrected chi connectivity index (χ2v) is 9.22. The Balaban J connectivity index is 1.52. The summed E-state index contributed by atoms with van der Waals surface area (Å²) in [5.41, 5.74) is -0.582. The van der Waals surface area contributed by atoms with Gasteiger partial charge < -0.3 is 9.64 Å². The highest BCUT2D eigenvalue weighted by Gasteiger charge is 2.51. The fraction of sp³-hybridized carbons (Fsp3) is 0.438. The molecule has 2 aromatic heterocycles. The molecule has 0 unspecified atom stereocenters. The van der Waals surface area contributed by atoms with Crippen LogP contribution in [0.2, 0.25) is 0 Å². The van der Waals surface area contributed by atoms with Gasteiger partial charge in [-0.1, -0.05) is 6.07 Å². The van der Waals surface area contributed by atoms with Gasteiger partial charge in [0.15, 0.2) is 0 Å². The van der Waals surface area contributed by atoms with E-state index < -0.39 is 15.7 Å². The molecule has 138 valence electrons. The molecule has 8 nitrogen and oxygen atoms in total. The molecule has 2 saturated heterocycles. The molecule has 1 spiro atoms. The smallest absolute Gasteiger partial charge is 0.274 e. The first kappa shape index (κ1) is 17.5. The Kier molecular flexibility index (Phi) is 4.51. The zero-order valence-corrected chi connectivity index (χ0v) is 15.6. The Morgan fingerprint density at radius 3 is 2.69 bits per heavy atom. The number of thiophene rings is 1. The molecule has 2 aliphatic heterocycles. The summed E-state index contributed by atoms with van der Waals surface area (Å²) in [5.74, 6) is -0.196. The Morgan fingerprint density at radius 1 is 1.23 bits per heavy atom. The fourth-order valence-electron chi connectivity index (χ4n) is 3.48. The van der Waals surface area contributed by atoms with Crippen molar-refractivity contribution in [2.24, 2.45) is 0 Å². The lowest BCUT2D eigenvalue weighted by atomic mass is 10.0. The first-order valence-electron chi connectivity index (χ1n) is 8.29. The molecule has 0 N–H and O–H groups in total. The number of likely N-dealkylation sites (tertiary alicyclic amines) is 1. The third-order valence-corrected chi connectivity index (χ3v) is 8.10. The molecule has 0 atom stereocenters. The van der Waals surface area contributed by atoms with Crippen molar-refractivity contribution in [2.75, 3.05) is 26.2 Å². The van der Waals surface area contributed by atoms with E-state index in [1.54, 1.807) is 22.4 Å². The average molecular weight is 394 g/mol. The first-order valence-corrected chi connectivity index (χ1v) is 10.6. The zero-order chi connectivity index (χ0) is 18.2. The van der Waals surface area contributed by atoms with Gasteiger partial charge in [-0.2, -0.15) is 4.31 Å². The summed E-state index contributed by atoms with van der Waals surface area (Å²) in [7, 11) is -3.59. The lowest BCUT2D eigenvalue weighted by molar-refractivity contribution is -0.0857. The lowest BCUT2D eigenvalue weighted by Gasteiger charge is -2.42. The van der Waals surface area contributed by atoms with Crippen LogP contribution in [0.3, 0.4) is 0 Å². The van der Waals surface area contributed by atoms with Gasteiger partial charge in [0, 0.05) is 44.9 Å². The Hall–Kier alpha value is -1.88. The Morgan fingerprint density at radius 2 is 2.04 bits per heavy atom. The zero-order valence-electron chi connectivity index (χ0n) is 13.9. The fourth-order valence-corrected chi connectivity index (χ4v) is 6.30. The molecule has 4 rings (SSSR count). The maximum atomic E-state index is 13.0. The molecule has 0 radical (unpaired) electrons. The Labute approximate surface area is 155 Å². The second kappa shape index (κ2) is 6.69. The number of aromatic nitrogens is 2. The number of piperidine rings is 1. The summed E-state index contributed by atoms with van der Waals surface area (Å²) in [6.45, 7) is 1.51. The van der Waals surface area contributed by atoms with Crippen molar-refractivity contribution in [1.82, 2.24) is 19.2 Å². The molecule has 26 heavy (non-hydrogen) atoms. The predicted octanol–water partition coefficient (Wildman–Crippen LogP) is 1.19. The minimum absolute atomic E-state index is 0.196. The van der Waals surface area contributed by atoms with Crippen molar-refractivity contribution < 1.29 is 17.9 Å². The van der Waals surface area contributed by atoms with E-state index in [4.69, 9.17) is 4.74 Å². The van der Waals surface area contributed by atoms with E-state index in [1.165, 1.54) is 34.2 Å². The third-order valence-electron chi connectivity index (χ3n) is 4.77. The van der Waals surface area contributed by atoms with Crippen molar-refractivity contribution in [3.8, 4) is 0 Å². The van der Waals surface area contributed by atoms with Gasteiger partial charge in [-0.3, -0.25) is 9.78 Å². The quantitative estimate of drug-likeness (QED) is 0.776. The highest BCUT2D eigenvalue weighted by molar-refractivity contribution is 7.91. The van der Waals surface area contributed by atoms with Crippen LogP contribution in [0, 0.1) is 0 Å². The second-order valence-electron chi connectivity index (χ2n) is 6.19. The van der Waals surface area contributed by atoms with Gasteiger partial charge >= 0.3 is 0 Å². The van der Waals surface area contributed by atoms with E-state index in [0.717, 1.165) is 0 Å². The molecule has 0 aromatic carbocycles. The van der Waals surface area contributed by atoms with Gasteiger partial charge in [0.1, 0.15) is 15.6 Å². The monoisotopic (exact) mass is 394 g/mol. The Bertz CT molecular complexity index is 878. The molecule has 1 amide bonds. The van der Waals surface area contributed by atoms with E-state index in [2.05, 4.69) is 9.97 Å². The number of carbonyl (C=O) groups is 1. The van der Waals surface area contributed by atoms with Gasteiger partial charge in [-0.15, -0.1) is 11.3 Å². The normalized spacial score (nSPS) is 20.5. The van der Waals surface area contributed by atoms with Crippen molar-refractivity contribution in [1.29, 1.82) is 0 Å². The van der Waals surface area contributed by atoms with Gasteiger partial charge in [0.25, 0.3) is 15.9 Å². The number of amides is 1. The van der Waals surface area contributed by atoms with E-state index in [-0.39, 0.29) is 5.91 Å². The summed E-state index contributed by atoms with van der Waals surface area (Å²) in [6.07, 6.45) is 5.30. The standard InChI is InChI=1S/C16H18N4O4S2/c21-15(13-12-17-5-6-18-13)19-7-3-16(4-8-19)20(9-10-24-16)26(22,23)14-2-1-11-25-14/h1-2,5-6,11-12H,3-4,7-10H2. The largest absolute Gasteiger partial charge is 0.358 e. The molecule has 10 heteroatoms. The SMILES string of the molecule is O=C(c1cnccn1)N1CCC2(CC1)OCCN2S(=O)(=O)c1cccs1. The maximum Gasteiger partial charge on any atom is 0.274 e. The van der Waals surface area contributed by atoms with Crippen LogP contribution in [-0.4, -0.2) is 65.5 Å². The highest BCUT2D eigenvalue weighted by atomic mass is 32.2. The molecule has 0 bridgehead atoms. The van der Waals surface area contributed by atoms with E-state index in [9.17, 15) is 13.2 Å². The highest BCUT2D eigenvalue weighted by Crippen LogP contribution is 2.39. The molecule has 2 aromatic rings. The van der Waals surface area contributed by atoms with Crippen LogP contribution in [0.15, 0.2) is 40.3 Å². The summed E-state index contributed by atoms with van der Waals surface area (Å²) >= 11 is 1.20. The molecule has 4 heterocycles. The summed E-state index contributed by atoms with van der Waals surface area (Å²) < 4.78 is 33.6. The van der Waals surface area contributed by atoms with Crippen LogP contribution >= 0.6 is 11.3 Å². The van der Waals surface area contributed by atoms with Crippen LogP contribution in [-0.2, 0) is 14.8 Å². The van der Waals surface area contributed by atoms with Gasteiger partial charge in [-0.05, 0) is 11.4 Å². The van der Waals surface area contributed by atoms with Gasteiger partial charge in [-0.25, -0.2) is 13.4 Å². The number of nitrogens with zero attached hydrogens (tertiary/aromatic N) is 4. The van der Waals surface area contributed by atoms with E-state index in [1.807, 2.05) is 0 Å². The number of hydrogen-bond acceptors (Lipinski definition) is 7. The maximum absolute atomic E-state index is 13.0. The van der Waals surface area contributed by atoms with Crippen molar-refractivity contribution in [2.45, 2.75) is 22.8 Å². The number of ether oxygens (including phenoxy) is 1. The summed E-state index contributed by atoms with van der Waals surface area (Å²) in [6, 6.07) is 3.34. The van der Waals surface area contributed by atoms with Crippen molar-refractivity contribution in [3.05, 3.63) is 41.8 Å². The third kappa shape index (κ3) is 2.92. The van der Waals surface area contributed by atoms with Crippen LogP contribution < -0.4 is 0 Å². The van der Waals surface area contributed by atoms with E-state index in [0.29, 0.717) is 49.0 Å². The number of sulfonamides is 1. The number of carbonyl (C=O) groups excluding carboxylic acids is 1. The molecule has 0 saturated carbocycles. The molecule has 2 fully saturated rings. The topological polar surface area (TPSA) is 92.7 Å². The van der Waals surface area contributed by atoms with Crippen LogP contribution in [0.5, 0.6) is 0 Å². The lowest BCUT2D eigenvalue weighted by Crippen LogP contribution is -2.55. The minimum atomic E-state index is -3.59. The molecule has 2 aliphatic rings. The van der Waals surface area contributed by atoms with Crippen molar-refractivity contribution in [3.63, 3.8) is 0 Å². The molecular formula is C16H18N4O4S2. The average Bonchev–Trinajstić information content (AvgIpc) is 3.34. The van der Waals surface area contributed by atoms with Crippen molar-refractivity contribution >= 4 is 27.3 Å². The summed E-state index contributed by atoms with van der Waals surface area (Å²) in [5, 5.41) is 1.75. The first-order chi connectivity index (χ1) is 12.5. The van der Waals surface area contributed by atoms with Gasteiger partial charge in [0.2, 0.25) is 0 Å². The van der Waals surface area contributed by atoms with Crippen LogP contribution in [0.4, 0.5) is 0 Å². The number of hydrogen-bond donors (Lipinski definition) is 0. The van der Waals surface area contributed by atoms with Gasteiger partial charge in [0.05, 0.1) is 12.8 Å². The molecular weight excluding hydrogens is 376 g/mol. The van der Waals surface area contributed by atoms with Crippen LogP contribution in [0.25, 0.3) is 0 Å². The number of rotatable bonds is 3. The predicted molar refractivity (Wildman–Crippen MR) is 94.1 cm³/mol. The van der Waals surface area contributed by atoms with Crippen LogP contribution in [0.1, 0.15) is 23.3 Å². The minimum Gasteiger partial charge on any atom is -0.358 e. The van der Waals surface area contributed by atoms with E-state index >= 15 is 0 Å². The summed E-state index contributed by atoms with van der Waals surface area (Å²) in [4.78, 5) is 22.2. The molecule has 0 aliphatic carbocycles.